The van der Waals surface area contributed by atoms with Gasteiger partial charge in [-0.15, -0.1) is 0 Å². The minimum Gasteiger partial charge on any atom is -0.508 e. The summed E-state index contributed by atoms with van der Waals surface area (Å²) in [6, 6.07) is 12.7. The normalized spacial score (nSPS) is 33.3. The quantitative estimate of drug-likeness (QED) is 0.0316. The zero-order chi connectivity index (χ0) is 46.1. The number of fused-ring (bicyclic) bond motifs is 1. The Hall–Kier alpha value is -5.28. The lowest BCUT2D eigenvalue weighted by molar-refractivity contribution is -0.342. The molecule has 4 heterocycles. The maximum absolute atomic E-state index is 12.9. The van der Waals surface area contributed by atoms with Crippen molar-refractivity contribution in [3.05, 3.63) is 77.9 Å². The average Bonchev–Trinajstić information content (AvgIpc) is 3.28. The first-order valence-electron chi connectivity index (χ1n) is 19.7. The highest BCUT2D eigenvalue weighted by molar-refractivity contribution is 5.88. The van der Waals surface area contributed by atoms with Gasteiger partial charge < -0.3 is 99.9 Å². The molecule has 0 saturated carbocycles. The monoisotopic (exact) mass is 903 g/mol. The van der Waals surface area contributed by atoms with Crippen LogP contribution in [0.25, 0.3) is 28.4 Å². The molecule has 0 spiro atoms. The number of hydrogen-bond donors (Lipinski definition) is 14. The second-order valence-corrected chi connectivity index (χ2v) is 15.3. The molecule has 346 valence electrons. The van der Waals surface area contributed by atoms with E-state index in [1.165, 1.54) is 42.5 Å². The van der Waals surface area contributed by atoms with Crippen LogP contribution in [0.5, 0.6) is 28.7 Å². The van der Waals surface area contributed by atoms with Gasteiger partial charge in [-0.2, -0.15) is 0 Å². The summed E-state index contributed by atoms with van der Waals surface area (Å²) in [5.41, 5.74) is 0.180. The molecule has 3 aromatic carbocycles. The molecule has 0 aliphatic carbocycles. The van der Waals surface area contributed by atoms with E-state index in [2.05, 4.69) is 0 Å². The summed E-state index contributed by atoms with van der Waals surface area (Å²) in [6.45, 7) is -2.39. The summed E-state index contributed by atoms with van der Waals surface area (Å²) in [6.07, 6.45) is -24.7. The fraction of sp³-hybridized carbons (Fsp3) is 0.429. The zero-order valence-corrected chi connectivity index (χ0v) is 33.2. The molecule has 7 rings (SSSR count). The van der Waals surface area contributed by atoms with Crippen LogP contribution in [-0.2, 0) is 28.5 Å². The largest absolute Gasteiger partial charge is 0.508 e. The average molecular weight is 904 g/mol. The van der Waals surface area contributed by atoms with Crippen LogP contribution in [0.1, 0.15) is 17.2 Å². The van der Waals surface area contributed by atoms with E-state index < -0.39 is 135 Å². The van der Waals surface area contributed by atoms with Gasteiger partial charge in [-0.3, -0.25) is 0 Å². The first-order chi connectivity index (χ1) is 30.5. The van der Waals surface area contributed by atoms with Gasteiger partial charge in [-0.25, -0.2) is 9.21 Å². The fourth-order valence-corrected chi connectivity index (χ4v) is 7.47. The van der Waals surface area contributed by atoms with Crippen LogP contribution in [0.15, 0.2) is 71.2 Å². The van der Waals surface area contributed by atoms with E-state index in [9.17, 15) is 76.3 Å². The molecule has 15 atom stereocenters. The van der Waals surface area contributed by atoms with Crippen molar-refractivity contribution in [2.24, 2.45) is 0 Å². The van der Waals surface area contributed by atoms with Gasteiger partial charge in [0.15, 0.2) is 17.8 Å². The topological polar surface area (TPSA) is 367 Å². The molecule has 22 nitrogen and oxygen atoms in total. The molecule has 0 bridgehead atoms. The van der Waals surface area contributed by atoms with Gasteiger partial charge in [0.1, 0.15) is 109 Å². The van der Waals surface area contributed by atoms with Gasteiger partial charge in [0.05, 0.1) is 30.4 Å². The summed E-state index contributed by atoms with van der Waals surface area (Å²) in [5, 5.41) is 147. The van der Waals surface area contributed by atoms with Crippen molar-refractivity contribution in [1.29, 1.82) is 0 Å². The van der Waals surface area contributed by atoms with Crippen molar-refractivity contribution in [1.82, 2.24) is 0 Å². The second-order valence-electron chi connectivity index (χ2n) is 15.3. The smallest absolute Gasteiger partial charge is 0.368 e. The maximum Gasteiger partial charge on any atom is 0.368 e. The highest BCUT2D eigenvalue weighted by atomic mass is 16.7. The maximum atomic E-state index is 12.9. The first kappa shape index (κ1) is 46.7. The predicted octanol–water partition coefficient (Wildman–Crippen LogP) is -2.01. The SMILES string of the molecule is O=C(C=Cc1ccc(O)cc1)OC[C@H]1O[C@@H](c2cc3c(O[C@@H]4O[C@H](CO)[C@@H](O)[C@H](O)[C@H]4O)cc(O)cc3[o+]c2-c2ccc(O)c(O)c2)[C@H](O[C@@H]2O[C@H](CO)[C@@H](O)[C@H](O)[C@H]2O)[C@@H](O)[C@@H]1O. The van der Waals surface area contributed by atoms with Gasteiger partial charge in [0.2, 0.25) is 6.29 Å². The molecule has 1 aromatic heterocycles. The molecule has 64 heavy (non-hydrogen) atoms. The Morgan fingerprint density at radius 3 is 1.91 bits per heavy atom. The van der Waals surface area contributed by atoms with Crippen molar-refractivity contribution in [3.63, 3.8) is 0 Å². The van der Waals surface area contributed by atoms with Crippen molar-refractivity contribution in [2.75, 3.05) is 19.8 Å². The molecule has 3 fully saturated rings. The predicted molar refractivity (Wildman–Crippen MR) is 212 cm³/mol. The lowest BCUT2D eigenvalue weighted by Gasteiger charge is -2.46. The summed E-state index contributed by atoms with van der Waals surface area (Å²) in [5.74, 6) is -3.16. The number of phenols is 4. The lowest BCUT2D eigenvalue weighted by atomic mass is 9.88. The van der Waals surface area contributed by atoms with Gasteiger partial charge in [0.25, 0.3) is 0 Å². The third-order valence-electron chi connectivity index (χ3n) is 11.0. The van der Waals surface area contributed by atoms with Crippen LogP contribution < -0.4 is 4.74 Å². The first-order valence-corrected chi connectivity index (χ1v) is 19.7. The Bertz CT molecular complexity index is 2290. The number of aliphatic hydroxyl groups excluding tert-OH is 10. The van der Waals surface area contributed by atoms with Gasteiger partial charge in [-0.1, -0.05) is 12.1 Å². The molecule has 3 aliphatic rings. The fourth-order valence-electron chi connectivity index (χ4n) is 7.47. The van der Waals surface area contributed by atoms with E-state index in [1.54, 1.807) is 0 Å². The Balaban J connectivity index is 1.33. The molecule has 0 amide bonds. The second kappa shape index (κ2) is 19.4. The number of esters is 1. The Morgan fingerprint density at radius 2 is 1.27 bits per heavy atom. The number of aliphatic hydroxyl groups is 10. The van der Waals surface area contributed by atoms with Crippen molar-refractivity contribution in [3.8, 4) is 40.1 Å². The molecule has 0 unspecified atom stereocenters. The van der Waals surface area contributed by atoms with E-state index in [-0.39, 0.29) is 39.4 Å². The van der Waals surface area contributed by atoms with Gasteiger partial charge >= 0.3 is 17.3 Å². The molecule has 14 N–H and O–H groups in total. The molecule has 3 saturated heterocycles. The summed E-state index contributed by atoms with van der Waals surface area (Å²) >= 11 is 0. The van der Waals surface area contributed by atoms with E-state index in [0.717, 1.165) is 30.3 Å². The standard InChI is InChI=1S/C42H46O22/c43-13-26-30(50)33(53)36(56)41(62-26)61-25-11-19(46)10-24-20(25)12-21(38(59-24)17-4-7-22(47)23(48)9-17)39-40(64-42-37(57)34(54)31(51)27(14-44)63-42)35(55)32(52)28(60-39)15-58-29(49)8-3-16-1-5-18(45)6-2-16/h1-12,26-28,30-37,39-44,50-57H,13-15H2,(H3-,45,46,47,48,49)/p+1/t26-,27-,28-,30-,31-,32-,33+,34+,35+,36-,37-,39+,40-,41-,42+/m1/s1. The molecule has 3 aliphatic heterocycles. The van der Waals surface area contributed by atoms with Crippen LogP contribution in [-0.4, -0.2) is 183 Å². The van der Waals surface area contributed by atoms with Gasteiger partial charge in [0, 0.05) is 18.2 Å². The summed E-state index contributed by atoms with van der Waals surface area (Å²) < 4.78 is 41.0. The number of carbonyl (C=O) groups is 1. The molecular weight excluding hydrogens is 856 g/mol. The summed E-state index contributed by atoms with van der Waals surface area (Å²) in [4.78, 5) is 12.9. The van der Waals surface area contributed by atoms with Crippen LogP contribution in [0.4, 0.5) is 0 Å². The van der Waals surface area contributed by atoms with E-state index in [0.29, 0.717) is 5.56 Å². The van der Waals surface area contributed by atoms with Crippen LogP contribution >= 0.6 is 0 Å². The number of benzene rings is 3. The molecule has 22 heteroatoms. The van der Waals surface area contributed by atoms with Gasteiger partial charge in [-0.05, 0) is 42.0 Å². The lowest BCUT2D eigenvalue weighted by Crippen LogP contribution is -2.62. The molecule has 0 radical (unpaired) electrons. The van der Waals surface area contributed by atoms with Crippen LogP contribution in [0.3, 0.4) is 0 Å². The Morgan fingerprint density at radius 1 is 0.641 bits per heavy atom. The third-order valence-corrected chi connectivity index (χ3v) is 11.0. The van der Waals surface area contributed by atoms with Crippen LogP contribution in [0.2, 0.25) is 0 Å². The number of aromatic hydroxyl groups is 4. The van der Waals surface area contributed by atoms with E-state index in [1.807, 2.05) is 0 Å². The minimum atomic E-state index is -2.05. The highest BCUT2D eigenvalue weighted by Crippen LogP contribution is 2.46. The molecular formula is C42H47O22+. The zero-order valence-electron chi connectivity index (χ0n) is 33.2. The minimum absolute atomic E-state index is 0.00472. The Kier molecular flexibility index (Phi) is 14.2. The third kappa shape index (κ3) is 9.56. The van der Waals surface area contributed by atoms with Crippen molar-refractivity contribution >= 4 is 23.0 Å². The van der Waals surface area contributed by atoms with E-state index in [4.69, 9.17) is 32.8 Å². The molecule has 4 aromatic rings. The van der Waals surface area contributed by atoms with Crippen molar-refractivity contribution < 1.29 is 109 Å². The number of ether oxygens (including phenoxy) is 6. The Labute approximate surface area is 361 Å². The highest BCUT2D eigenvalue weighted by Gasteiger charge is 2.53. The number of phenolic OH excluding ortho intramolecular Hbond substituents is 4. The number of carbonyl (C=O) groups excluding carboxylic acids is 1. The summed E-state index contributed by atoms with van der Waals surface area (Å²) in [7, 11) is 0. The van der Waals surface area contributed by atoms with Crippen LogP contribution in [0, 0.1) is 0 Å². The number of hydrogen-bond acceptors (Lipinski definition) is 21. The van der Waals surface area contributed by atoms with Crippen molar-refractivity contribution in [2.45, 2.75) is 91.9 Å². The number of rotatable bonds is 12. The van der Waals surface area contributed by atoms with E-state index >= 15 is 0 Å².